The number of ketones is 1. The average Bonchev–Trinajstić information content (AvgIpc) is 3.51. The number of carbonyl (C=O) groups is 3. The van der Waals surface area contributed by atoms with Crippen LogP contribution in [-0.2, 0) is 9.59 Å². The summed E-state index contributed by atoms with van der Waals surface area (Å²) in [4.78, 5) is 41.9. The van der Waals surface area contributed by atoms with E-state index in [4.69, 9.17) is 14.2 Å². The Kier molecular flexibility index (Phi) is 4.26. The lowest BCUT2D eigenvalue weighted by molar-refractivity contribution is -0.123. The number of ether oxygens (including phenoxy) is 3. The number of carbonyl (C=O) groups excluding carboxylic acids is 3. The monoisotopic (exact) mass is 445 g/mol. The summed E-state index contributed by atoms with van der Waals surface area (Å²) in [5, 5.41) is 5.96. The number of imide groups is 1. The molecule has 6 rings (SSSR count). The van der Waals surface area contributed by atoms with Crippen LogP contribution < -0.4 is 19.1 Å². The summed E-state index contributed by atoms with van der Waals surface area (Å²) in [6.07, 6.45) is 5.12. The predicted octanol–water partition coefficient (Wildman–Crippen LogP) is 2.02. The van der Waals surface area contributed by atoms with E-state index >= 15 is 0 Å². The van der Waals surface area contributed by atoms with Gasteiger partial charge in [0.15, 0.2) is 17.3 Å². The van der Waals surface area contributed by atoms with Crippen LogP contribution in [0.5, 0.6) is 17.2 Å². The highest BCUT2D eigenvalue weighted by Crippen LogP contribution is 2.47. The van der Waals surface area contributed by atoms with Crippen molar-refractivity contribution in [2.24, 2.45) is 16.9 Å². The van der Waals surface area contributed by atoms with Crippen molar-refractivity contribution >= 4 is 29.5 Å². The molecule has 0 spiro atoms. The number of nitrogens with zero attached hydrogens (tertiary/aromatic N) is 3. The first kappa shape index (κ1) is 19.5. The van der Waals surface area contributed by atoms with Crippen LogP contribution in [0.1, 0.15) is 10.4 Å². The molecule has 0 N–H and O–H groups in total. The molecule has 9 heteroatoms. The van der Waals surface area contributed by atoms with Crippen LogP contribution >= 0.6 is 0 Å². The van der Waals surface area contributed by atoms with Gasteiger partial charge >= 0.3 is 0 Å². The van der Waals surface area contributed by atoms with Gasteiger partial charge in [0, 0.05) is 17.8 Å². The van der Waals surface area contributed by atoms with Crippen LogP contribution in [0.3, 0.4) is 0 Å². The smallest absolute Gasteiger partial charge is 0.240 e. The maximum atomic E-state index is 13.6. The molecular weight excluding hydrogens is 426 g/mol. The van der Waals surface area contributed by atoms with E-state index in [0.717, 1.165) is 4.90 Å². The van der Waals surface area contributed by atoms with E-state index in [1.165, 1.54) is 0 Å². The summed E-state index contributed by atoms with van der Waals surface area (Å²) in [7, 11) is 1.55. The van der Waals surface area contributed by atoms with E-state index in [2.05, 4.69) is 5.10 Å². The third-order valence-electron chi connectivity index (χ3n) is 6.55. The van der Waals surface area contributed by atoms with Crippen LogP contribution in [-0.4, -0.2) is 54.8 Å². The highest BCUT2D eigenvalue weighted by molar-refractivity contribution is 6.24. The minimum absolute atomic E-state index is 0.0875. The summed E-state index contributed by atoms with van der Waals surface area (Å²) in [6, 6.07) is 10.3. The summed E-state index contributed by atoms with van der Waals surface area (Å²) in [5.74, 6) is -0.975. The number of rotatable bonds is 4. The molecule has 4 aliphatic rings. The van der Waals surface area contributed by atoms with Crippen molar-refractivity contribution in [1.82, 2.24) is 5.01 Å². The van der Waals surface area contributed by atoms with Crippen molar-refractivity contribution in [3.05, 3.63) is 60.2 Å². The number of methoxy groups -OCH3 is 1. The number of hydrazone groups is 1. The van der Waals surface area contributed by atoms with Crippen LogP contribution in [0.15, 0.2) is 59.7 Å². The topological polar surface area (TPSA) is 97.7 Å². The fourth-order valence-corrected chi connectivity index (χ4v) is 5.04. The molecule has 0 saturated carbocycles. The van der Waals surface area contributed by atoms with Gasteiger partial charge in [0.25, 0.3) is 0 Å². The van der Waals surface area contributed by atoms with Crippen molar-refractivity contribution in [1.29, 1.82) is 0 Å². The molecule has 4 atom stereocenters. The Morgan fingerprint density at radius 2 is 1.79 bits per heavy atom. The van der Waals surface area contributed by atoms with Crippen LogP contribution in [0.4, 0.5) is 5.69 Å². The fourth-order valence-electron chi connectivity index (χ4n) is 5.04. The van der Waals surface area contributed by atoms with Crippen molar-refractivity contribution < 1.29 is 28.6 Å². The van der Waals surface area contributed by atoms with Crippen molar-refractivity contribution in [2.45, 2.75) is 12.1 Å². The van der Waals surface area contributed by atoms with Gasteiger partial charge in [-0.25, -0.2) is 4.90 Å². The molecule has 2 aromatic rings. The van der Waals surface area contributed by atoms with Gasteiger partial charge in [-0.05, 0) is 42.5 Å². The quantitative estimate of drug-likeness (QED) is 0.525. The zero-order valence-corrected chi connectivity index (χ0v) is 17.6. The Balaban J connectivity index is 1.39. The lowest BCUT2D eigenvalue weighted by Gasteiger charge is -2.30. The molecule has 4 heterocycles. The van der Waals surface area contributed by atoms with Gasteiger partial charge < -0.3 is 14.2 Å². The Bertz CT molecular complexity index is 1240. The second-order valence-corrected chi connectivity index (χ2v) is 8.16. The molecule has 0 aromatic heterocycles. The van der Waals surface area contributed by atoms with E-state index < -0.39 is 29.8 Å². The predicted molar refractivity (Wildman–Crippen MR) is 116 cm³/mol. The molecule has 4 aliphatic heterocycles. The van der Waals surface area contributed by atoms with Gasteiger partial charge in [-0.3, -0.25) is 19.4 Å². The molecule has 166 valence electrons. The minimum Gasteiger partial charge on any atom is -0.497 e. The highest BCUT2D eigenvalue weighted by atomic mass is 16.7. The molecule has 33 heavy (non-hydrogen) atoms. The van der Waals surface area contributed by atoms with Crippen LogP contribution in [0.2, 0.25) is 0 Å². The first-order valence-corrected chi connectivity index (χ1v) is 10.5. The van der Waals surface area contributed by atoms with E-state index in [0.29, 0.717) is 28.5 Å². The van der Waals surface area contributed by atoms with E-state index in [1.807, 2.05) is 6.08 Å². The Labute approximate surface area is 188 Å². The number of amides is 2. The molecule has 0 aliphatic carbocycles. The molecule has 2 saturated heterocycles. The van der Waals surface area contributed by atoms with Gasteiger partial charge in [0.2, 0.25) is 18.6 Å². The third kappa shape index (κ3) is 2.78. The second-order valence-electron chi connectivity index (χ2n) is 8.16. The SMILES string of the molecule is COc1ccc(C(=O)C2C3C(=O)N(c4ccc5c(c4)OCO5)C(=O)C3C3C=CC=NN32)cc1. The number of hydrogen-bond acceptors (Lipinski definition) is 8. The number of allylic oxidation sites excluding steroid dienone is 1. The lowest BCUT2D eigenvalue weighted by atomic mass is 9.86. The van der Waals surface area contributed by atoms with E-state index in [9.17, 15) is 14.4 Å². The first-order chi connectivity index (χ1) is 16.1. The minimum atomic E-state index is -0.898. The standard InChI is InChI=1S/C24H19N3O6/c1-31-15-7-4-13(5-8-15)22(28)21-20-19(16-3-2-10-25-27(16)21)23(29)26(24(20)30)14-6-9-17-18(11-14)33-12-32-17/h2-11,16,19-21H,12H2,1H3. The Morgan fingerprint density at radius 1 is 1.03 bits per heavy atom. The fraction of sp³-hybridized carbons (Fsp3) is 0.250. The number of benzene rings is 2. The largest absolute Gasteiger partial charge is 0.497 e. The molecule has 2 amide bonds. The molecule has 0 bridgehead atoms. The number of hydrogen-bond donors (Lipinski definition) is 0. The highest BCUT2D eigenvalue weighted by Gasteiger charge is 2.64. The van der Waals surface area contributed by atoms with Crippen LogP contribution in [0.25, 0.3) is 0 Å². The van der Waals surface area contributed by atoms with Crippen LogP contribution in [0, 0.1) is 11.8 Å². The van der Waals surface area contributed by atoms with Gasteiger partial charge in [0.1, 0.15) is 11.8 Å². The molecular formula is C24H19N3O6. The maximum absolute atomic E-state index is 13.6. The molecule has 0 radical (unpaired) electrons. The zero-order valence-electron chi connectivity index (χ0n) is 17.6. The van der Waals surface area contributed by atoms with E-state index in [1.54, 1.807) is 66.9 Å². The number of Topliss-reactive ketones (excluding diaryl/α,β-unsaturated/α-hetero) is 1. The summed E-state index contributed by atoms with van der Waals surface area (Å²) in [5.41, 5.74) is 0.820. The third-order valence-corrected chi connectivity index (χ3v) is 6.55. The van der Waals surface area contributed by atoms with E-state index in [-0.39, 0.29) is 18.5 Å². The summed E-state index contributed by atoms with van der Waals surface area (Å²) < 4.78 is 15.9. The van der Waals surface area contributed by atoms with Gasteiger partial charge in [0.05, 0.1) is 30.7 Å². The van der Waals surface area contributed by atoms with Gasteiger partial charge in [-0.15, -0.1) is 0 Å². The number of fused-ring (bicyclic) bond motifs is 4. The molecule has 4 unspecified atom stereocenters. The first-order valence-electron chi connectivity index (χ1n) is 10.5. The molecule has 2 fully saturated rings. The Morgan fingerprint density at radius 3 is 2.58 bits per heavy atom. The lowest BCUT2D eigenvalue weighted by Crippen LogP contribution is -2.46. The molecule has 9 nitrogen and oxygen atoms in total. The number of anilines is 1. The second kappa shape index (κ2) is 7.19. The average molecular weight is 445 g/mol. The van der Waals surface area contributed by atoms with Crippen molar-refractivity contribution in [3.63, 3.8) is 0 Å². The maximum Gasteiger partial charge on any atom is 0.240 e. The summed E-state index contributed by atoms with van der Waals surface area (Å²) in [6.45, 7) is 0.0875. The van der Waals surface area contributed by atoms with Crippen molar-refractivity contribution in [3.8, 4) is 17.2 Å². The normalized spacial score (nSPS) is 26.6. The summed E-state index contributed by atoms with van der Waals surface area (Å²) >= 11 is 0. The molecule has 2 aromatic carbocycles. The zero-order chi connectivity index (χ0) is 22.7. The van der Waals surface area contributed by atoms with Gasteiger partial charge in [-0.1, -0.05) is 6.08 Å². The van der Waals surface area contributed by atoms with Crippen molar-refractivity contribution in [2.75, 3.05) is 18.8 Å². The Hall–Kier alpha value is -4.14. The van der Waals surface area contributed by atoms with Gasteiger partial charge in [-0.2, -0.15) is 5.10 Å².